The van der Waals surface area contributed by atoms with E-state index in [1.807, 2.05) is 31.6 Å². The van der Waals surface area contributed by atoms with Crippen LogP contribution in [0.1, 0.15) is 35.2 Å². The summed E-state index contributed by atoms with van der Waals surface area (Å²) in [5, 5.41) is 2.12. The number of H-pyrrole nitrogens is 1. The van der Waals surface area contributed by atoms with Crippen molar-refractivity contribution in [1.29, 1.82) is 0 Å². The molecule has 1 unspecified atom stereocenters. The van der Waals surface area contributed by atoms with E-state index in [9.17, 15) is 0 Å². The van der Waals surface area contributed by atoms with E-state index in [-0.39, 0.29) is 0 Å². The van der Waals surface area contributed by atoms with E-state index in [1.54, 1.807) is 11.3 Å². The minimum Gasteiger partial charge on any atom is -0.341 e. The van der Waals surface area contributed by atoms with Gasteiger partial charge in [-0.3, -0.25) is 4.90 Å². The number of hydrogen-bond donors (Lipinski definition) is 1. The predicted octanol–water partition coefficient (Wildman–Crippen LogP) is 2.93. The Balaban J connectivity index is 1.53. The lowest BCUT2D eigenvalue weighted by molar-refractivity contribution is 0.322. The summed E-state index contributed by atoms with van der Waals surface area (Å²) in [6.07, 6.45) is 2.92. The van der Waals surface area contributed by atoms with Crippen LogP contribution in [0.15, 0.2) is 23.2 Å². The van der Waals surface area contributed by atoms with Gasteiger partial charge in [-0.25, -0.2) is 19.9 Å². The summed E-state index contributed by atoms with van der Waals surface area (Å²) < 4.78 is 0. The third-order valence-electron chi connectivity index (χ3n) is 4.32. The van der Waals surface area contributed by atoms with Gasteiger partial charge < -0.3 is 4.98 Å². The van der Waals surface area contributed by atoms with Crippen molar-refractivity contribution in [2.45, 2.75) is 32.7 Å². The molecule has 124 valence electrons. The van der Waals surface area contributed by atoms with Crippen LogP contribution in [0.4, 0.5) is 0 Å². The molecule has 6 nitrogen and oxygen atoms in total. The molecule has 3 aromatic heterocycles. The number of rotatable bonds is 4. The fourth-order valence-electron chi connectivity index (χ4n) is 3.17. The maximum atomic E-state index is 4.79. The van der Waals surface area contributed by atoms with Crippen molar-refractivity contribution in [3.05, 3.63) is 46.1 Å². The van der Waals surface area contributed by atoms with Gasteiger partial charge in [-0.2, -0.15) is 0 Å². The summed E-state index contributed by atoms with van der Waals surface area (Å²) in [7, 11) is 0. The Kier molecular flexibility index (Phi) is 4.12. The van der Waals surface area contributed by atoms with Gasteiger partial charge >= 0.3 is 0 Å². The maximum Gasteiger partial charge on any atom is 0.156 e. The summed E-state index contributed by atoms with van der Waals surface area (Å²) >= 11 is 1.65. The number of hydrogen-bond acceptors (Lipinski definition) is 6. The van der Waals surface area contributed by atoms with Crippen molar-refractivity contribution >= 4 is 11.3 Å². The first-order valence-electron chi connectivity index (χ1n) is 8.14. The van der Waals surface area contributed by atoms with Crippen LogP contribution in [-0.4, -0.2) is 42.9 Å². The SMILES string of the molecule is Cc1cc(-c2ncc(C)[nH]2)nc(C2CCN(Cc3cscn3)C2)n1. The lowest BCUT2D eigenvalue weighted by Gasteiger charge is -2.14. The number of aromatic amines is 1. The second-order valence-corrected chi connectivity index (χ2v) is 7.09. The van der Waals surface area contributed by atoms with E-state index in [0.29, 0.717) is 5.92 Å². The quantitative estimate of drug-likeness (QED) is 0.791. The first-order valence-corrected chi connectivity index (χ1v) is 9.08. The summed E-state index contributed by atoms with van der Waals surface area (Å²) in [4.78, 5) is 23.9. The van der Waals surface area contributed by atoms with Crippen LogP contribution in [0.5, 0.6) is 0 Å². The van der Waals surface area contributed by atoms with Crippen LogP contribution < -0.4 is 0 Å². The summed E-state index contributed by atoms with van der Waals surface area (Å²) in [5.74, 6) is 2.12. The lowest BCUT2D eigenvalue weighted by Crippen LogP contribution is -2.20. The molecule has 4 heterocycles. The number of likely N-dealkylation sites (tertiary alicyclic amines) is 1. The van der Waals surface area contributed by atoms with Crippen LogP contribution >= 0.6 is 11.3 Å². The average molecular weight is 340 g/mol. The van der Waals surface area contributed by atoms with Gasteiger partial charge in [-0.1, -0.05) is 0 Å². The summed E-state index contributed by atoms with van der Waals surface area (Å²) in [6, 6.07) is 1.99. The monoisotopic (exact) mass is 340 g/mol. The molecule has 1 saturated heterocycles. The summed E-state index contributed by atoms with van der Waals surface area (Å²) in [6.45, 7) is 6.98. The highest BCUT2D eigenvalue weighted by atomic mass is 32.1. The first kappa shape index (κ1) is 15.4. The normalized spacial score (nSPS) is 18.3. The lowest BCUT2D eigenvalue weighted by atomic mass is 10.1. The van der Waals surface area contributed by atoms with Gasteiger partial charge in [0.1, 0.15) is 11.5 Å². The Bertz CT molecular complexity index is 825. The molecular formula is C17H20N6S. The van der Waals surface area contributed by atoms with E-state index in [0.717, 1.165) is 60.5 Å². The highest BCUT2D eigenvalue weighted by Crippen LogP contribution is 2.27. The zero-order chi connectivity index (χ0) is 16.5. The molecule has 0 spiro atoms. The van der Waals surface area contributed by atoms with Gasteiger partial charge in [0.25, 0.3) is 0 Å². The smallest absolute Gasteiger partial charge is 0.156 e. The number of nitrogens with zero attached hydrogens (tertiary/aromatic N) is 5. The van der Waals surface area contributed by atoms with Crippen molar-refractivity contribution < 1.29 is 0 Å². The fraction of sp³-hybridized carbons (Fsp3) is 0.412. The largest absolute Gasteiger partial charge is 0.341 e. The van der Waals surface area contributed by atoms with Gasteiger partial charge in [-0.15, -0.1) is 11.3 Å². The zero-order valence-electron chi connectivity index (χ0n) is 13.9. The van der Waals surface area contributed by atoms with Crippen molar-refractivity contribution in [3.8, 4) is 11.5 Å². The fourth-order valence-corrected chi connectivity index (χ4v) is 3.72. The van der Waals surface area contributed by atoms with Crippen molar-refractivity contribution in [3.63, 3.8) is 0 Å². The van der Waals surface area contributed by atoms with Crippen LogP contribution in [0.2, 0.25) is 0 Å². The van der Waals surface area contributed by atoms with Crippen LogP contribution in [-0.2, 0) is 6.54 Å². The minimum atomic E-state index is 0.373. The predicted molar refractivity (Wildman–Crippen MR) is 93.8 cm³/mol. The highest BCUT2D eigenvalue weighted by Gasteiger charge is 2.27. The molecule has 1 N–H and O–H groups in total. The summed E-state index contributed by atoms with van der Waals surface area (Å²) in [5.41, 5.74) is 5.95. The molecule has 1 fully saturated rings. The number of thiazole rings is 1. The van der Waals surface area contributed by atoms with Crippen LogP contribution in [0.25, 0.3) is 11.5 Å². The zero-order valence-corrected chi connectivity index (χ0v) is 14.7. The third-order valence-corrected chi connectivity index (χ3v) is 4.96. The highest BCUT2D eigenvalue weighted by molar-refractivity contribution is 7.07. The molecule has 0 amide bonds. The van der Waals surface area contributed by atoms with Crippen LogP contribution in [0, 0.1) is 13.8 Å². The molecule has 7 heteroatoms. The van der Waals surface area contributed by atoms with Crippen molar-refractivity contribution in [1.82, 2.24) is 29.8 Å². The molecule has 1 aliphatic rings. The Labute approximate surface area is 145 Å². The van der Waals surface area contributed by atoms with E-state index in [4.69, 9.17) is 4.98 Å². The number of aryl methyl sites for hydroxylation is 2. The Morgan fingerprint density at radius 2 is 2.21 bits per heavy atom. The molecule has 0 aliphatic carbocycles. The maximum absolute atomic E-state index is 4.79. The molecule has 0 saturated carbocycles. The Morgan fingerprint density at radius 3 is 2.96 bits per heavy atom. The van der Waals surface area contributed by atoms with Gasteiger partial charge in [0.2, 0.25) is 0 Å². The molecule has 3 aromatic rings. The van der Waals surface area contributed by atoms with Crippen LogP contribution in [0.3, 0.4) is 0 Å². The second-order valence-electron chi connectivity index (χ2n) is 6.37. The average Bonchev–Trinajstić information content (AvgIpc) is 3.29. The van der Waals surface area contributed by atoms with Gasteiger partial charge in [0, 0.05) is 42.0 Å². The molecule has 0 radical (unpaired) electrons. The van der Waals surface area contributed by atoms with E-state index < -0.39 is 0 Å². The van der Waals surface area contributed by atoms with E-state index in [2.05, 4.69) is 30.2 Å². The molecule has 0 aromatic carbocycles. The molecule has 24 heavy (non-hydrogen) atoms. The van der Waals surface area contributed by atoms with E-state index in [1.165, 1.54) is 0 Å². The minimum absolute atomic E-state index is 0.373. The standard InChI is InChI=1S/C17H20N6S/c1-11-5-15(17-18-6-12(2)21-17)22-16(20-11)13-3-4-23(7-13)8-14-9-24-10-19-14/h5-6,9-10,13H,3-4,7-8H2,1-2H3,(H,18,21). The number of nitrogens with one attached hydrogen (secondary N) is 1. The van der Waals surface area contributed by atoms with Gasteiger partial charge in [0.05, 0.1) is 11.2 Å². The Hall–Kier alpha value is -2.12. The number of imidazole rings is 1. The molecule has 1 atom stereocenters. The van der Waals surface area contributed by atoms with Crippen molar-refractivity contribution in [2.75, 3.05) is 13.1 Å². The molecule has 1 aliphatic heterocycles. The van der Waals surface area contributed by atoms with Gasteiger partial charge in [0.15, 0.2) is 5.82 Å². The molecular weight excluding hydrogens is 320 g/mol. The first-order chi connectivity index (χ1) is 11.7. The van der Waals surface area contributed by atoms with Gasteiger partial charge in [-0.05, 0) is 32.9 Å². The Morgan fingerprint density at radius 1 is 1.29 bits per heavy atom. The topological polar surface area (TPSA) is 70.6 Å². The van der Waals surface area contributed by atoms with E-state index >= 15 is 0 Å². The second kappa shape index (κ2) is 6.41. The number of aromatic nitrogens is 5. The molecule has 0 bridgehead atoms. The molecule has 4 rings (SSSR count). The van der Waals surface area contributed by atoms with Crippen molar-refractivity contribution in [2.24, 2.45) is 0 Å². The third kappa shape index (κ3) is 3.22.